The monoisotopic (exact) mass is 401 g/mol. The summed E-state index contributed by atoms with van der Waals surface area (Å²) >= 11 is 0. The van der Waals surface area contributed by atoms with Crippen molar-refractivity contribution in [3.63, 3.8) is 0 Å². The van der Waals surface area contributed by atoms with E-state index in [4.69, 9.17) is 0 Å². The van der Waals surface area contributed by atoms with E-state index in [1.807, 2.05) is 0 Å². The Hall–Kier alpha value is -3.27. The predicted octanol–water partition coefficient (Wildman–Crippen LogP) is 1.72. The number of amides is 2. The summed E-state index contributed by atoms with van der Waals surface area (Å²) in [6.07, 6.45) is 1.16. The zero-order valence-electron chi connectivity index (χ0n) is 14.6. The number of carbonyl (C=O) groups excluding carboxylic acids is 2. The topological polar surface area (TPSA) is 118 Å². The number of benzene rings is 2. The van der Waals surface area contributed by atoms with Crippen molar-refractivity contribution in [2.45, 2.75) is 17.7 Å². The van der Waals surface area contributed by atoms with Gasteiger partial charge in [-0.2, -0.15) is 0 Å². The van der Waals surface area contributed by atoms with Crippen molar-refractivity contribution < 1.29 is 22.9 Å². The highest BCUT2D eigenvalue weighted by Crippen LogP contribution is 2.33. The average Bonchev–Trinajstić information content (AvgIpc) is 2.88. The van der Waals surface area contributed by atoms with E-state index in [2.05, 4.69) is 0 Å². The van der Waals surface area contributed by atoms with Crippen LogP contribution in [0.2, 0.25) is 0 Å². The molecule has 2 aliphatic heterocycles. The van der Waals surface area contributed by atoms with Crippen molar-refractivity contribution >= 4 is 33.2 Å². The number of fused-ring (bicyclic) bond motifs is 2. The summed E-state index contributed by atoms with van der Waals surface area (Å²) in [6.45, 7) is -0.273. The number of non-ortho nitro benzene ring substituents is 1. The van der Waals surface area contributed by atoms with Gasteiger partial charge in [-0.15, -0.1) is 0 Å². The van der Waals surface area contributed by atoms with Gasteiger partial charge in [0.2, 0.25) is 5.91 Å². The molecule has 144 valence electrons. The summed E-state index contributed by atoms with van der Waals surface area (Å²) in [7, 11) is -4.08. The summed E-state index contributed by atoms with van der Waals surface area (Å²) in [5.74, 6) is -1.29. The Labute approximate surface area is 160 Å². The molecule has 10 heteroatoms. The van der Waals surface area contributed by atoms with Gasteiger partial charge in [-0.05, 0) is 36.6 Å². The van der Waals surface area contributed by atoms with Gasteiger partial charge < -0.3 is 4.90 Å². The van der Waals surface area contributed by atoms with Crippen molar-refractivity contribution in [2.75, 3.05) is 18.0 Å². The van der Waals surface area contributed by atoms with E-state index in [0.29, 0.717) is 34.9 Å². The number of nitro benzene ring substituents is 1. The van der Waals surface area contributed by atoms with Crippen molar-refractivity contribution in [3.8, 4) is 0 Å². The van der Waals surface area contributed by atoms with Crippen LogP contribution < -0.4 is 4.90 Å². The molecule has 0 radical (unpaired) electrons. The molecule has 0 bridgehead atoms. The van der Waals surface area contributed by atoms with Crippen LogP contribution in [0.1, 0.15) is 22.3 Å². The largest absolute Gasteiger partial charge is 0.311 e. The van der Waals surface area contributed by atoms with E-state index in [-0.39, 0.29) is 16.1 Å². The highest BCUT2D eigenvalue weighted by molar-refractivity contribution is 7.90. The van der Waals surface area contributed by atoms with Gasteiger partial charge in [-0.3, -0.25) is 19.7 Å². The lowest BCUT2D eigenvalue weighted by Crippen LogP contribution is -2.44. The van der Waals surface area contributed by atoms with Crippen molar-refractivity contribution in [1.82, 2.24) is 4.31 Å². The van der Waals surface area contributed by atoms with Crippen LogP contribution in [0.4, 0.5) is 11.4 Å². The minimum Gasteiger partial charge on any atom is -0.311 e. The molecule has 0 aromatic heterocycles. The third-order valence-electron chi connectivity index (χ3n) is 4.88. The highest BCUT2D eigenvalue weighted by Gasteiger charge is 2.42. The molecule has 0 N–H and O–H groups in total. The molecule has 4 rings (SSSR count). The molecule has 2 aliphatic rings. The number of carbonyl (C=O) groups is 2. The van der Waals surface area contributed by atoms with Crippen LogP contribution in [0.15, 0.2) is 47.4 Å². The lowest BCUT2D eigenvalue weighted by Gasteiger charge is -2.30. The first-order valence-electron chi connectivity index (χ1n) is 8.54. The van der Waals surface area contributed by atoms with Crippen LogP contribution >= 0.6 is 0 Å². The van der Waals surface area contributed by atoms with Gasteiger partial charge in [0, 0.05) is 24.4 Å². The molecule has 0 saturated heterocycles. The molecule has 0 spiro atoms. The molecule has 0 fully saturated rings. The standard InChI is InChI=1S/C18H15N3O6S/c22-17(11-20-18(23)14-5-1-2-6-16(14)28(20,26)27)19-9-3-4-12-10-13(21(24)25)7-8-15(12)19/h1-2,5-8,10H,3-4,9,11H2. The fraction of sp³-hybridized carbons (Fsp3) is 0.222. The van der Waals surface area contributed by atoms with E-state index in [1.54, 1.807) is 6.07 Å². The second-order valence-electron chi connectivity index (χ2n) is 6.53. The van der Waals surface area contributed by atoms with Crippen LogP contribution in [0.3, 0.4) is 0 Å². The van der Waals surface area contributed by atoms with Crippen LogP contribution in [0.5, 0.6) is 0 Å². The molecule has 2 heterocycles. The van der Waals surface area contributed by atoms with Gasteiger partial charge in [0.25, 0.3) is 21.6 Å². The van der Waals surface area contributed by atoms with E-state index in [1.165, 1.54) is 41.3 Å². The molecule has 2 aromatic rings. The zero-order valence-corrected chi connectivity index (χ0v) is 15.4. The molecular formula is C18H15N3O6S. The number of sulfonamides is 1. The molecule has 2 aromatic carbocycles. The Morgan fingerprint density at radius 3 is 2.64 bits per heavy atom. The molecule has 9 nitrogen and oxygen atoms in total. The average molecular weight is 401 g/mol. The third-order valence-corrected chi connectivity index (χ3v) is 6.67. The first-order valence-corrected chi connectivity index (χ1v) is 9.98. The van der Waals surface area contributed by atoms with Crippen molar-refractivity contribution in [1.29, 1.82) is 0 Å². The molecule has 0 saturated carbocycles. The highest BCUT2D eigenvalue weighted by atomic mass is 32.2. The maximum absolute atomic E-state index is 12.9. The van der Waals surface area contributed by atoms with Crippen LogP contribution in [0, 0.1) is 10.1 Å². The summed E-state index contributed by atoms with van der Waals surface area (Å²) < 4.78 is 25.9. The van der Waals surface area contributed by atoms with E-state index in [0.717, 1.165) is 0 Å². The number of hydrogen-bond donors (Lipinski definition) is 0. The van der Waals surface area contributed by atoms with E-state index >= 15 is 0 Å². The summed E-state index contributed by atoms with van der Waals surface area (Å²) in [5.41, 5.74) is 1.13. The number of rotatable bonds is 3. The van der Waals surface area contributed by atoms with Crippen molar-refractivity contribution in [3.05, 3.63) is 63.7 Å². The number of aryl methyl sites for hydroxylation is 1. The second kappa shape index (κ2) is 6.41. The molecule has 0 aliphatic carbocycles. The van der Waals surface area contributed by atoms with Gasteiger partial charge >= 0.3 is 0 Å². The Balaban J connectivity index is 1.63. The van der Waals surface area contributed by atoms with Crippen molar-refractivity contribution in [2.24, 2.45) is 0 Å². The third kappa shape index (κ3) is 2.73. The first kappa shape index (κ1) is 18.1. The summed E-state index contributed by atoms with van der Waals surface area (Å²) in [6, 6.07) is 10.0. The quantitative estimate of drug-likeness (QED) is 0.571. The van der Waals surface area contributed by atoms with Gasteiger partial charge in [-0.25, -0.2) is 12.7 Å². The number of hydrogen-bond acceptors (Lipinski definition) is 6. The smallest absolute Gasteiger partial charge is 0.269 e. The molecule has 2 amide bonds. The Bertz CT molecular complexity index is 1130. The van der Waals surface area contributed by atoms with Gasteiger partial charge in [-0.1, -0.05) is 12.1 Å². The minimum atomic E-state index is -4.08. The SMILES string of the molecule is O=C(CN1C(=O)c2ccccc2S1(=O)=O)N1CCCc2cc([N+](=O)[O-])ccc21. The van der Waals surface area contributed by atoms with Gasteiger partial charge in [0.05, 0.1) is 10.5 Å². The summed E-state index contributed by atoms with van der Waals surface area (Å²) in [4.78, 5) is 37.1. The lowest BCUT2D eigenvalue weighted by atomic mass is 10.0. The van der Waals surface area contributed by atoms with Crippen LogP contribution in [-0.2, 0) is 21.2 Å². The fourth-order valence-corrected chi connectivity index (χ4v) is 5.07. The molecule has 0 atom stereocenters. The van der Waals surface area contributed by atoms with Crippen LogP contribution in [0.25, 0.3) is 0 Å². The Morgan fingerprint density at radius 1 is 1.18 bits per heavy atom. The Kier molecular flexibility index (Phi) is 4.15. The number of nitro groups is 1. The summed E-state index contributed by atoms with van der Waals surface area (Å²) in [5, 5.41) is 11.0. The maximum atomic E-state index is 12.9. The maximum Gasteiger partial charge on any atom is 0.269 e. The van der Waals surface area contributed by atoms with Gasteiger partial charge in [0.15, 0.2) is 0 Å². The normalized spacial score (nSPS) is 17.2. The Morgan fingerprint density at radius 2 is 1.93 bits per heavy atom. The molecule has 28 heavy (non-hydrogen) atoms. The van der Waals surface area contributed by atoms with Crippen LogP contribution in [-0.4, -0.2) is 42.6 Å². The number of nitrogens with zero attached hydrogens (tertiary/aromatic N) is 3. The fourth-order valence-electron chi connectivity index (χ4n) is 3.55. The second-order valence-corrected chi connectivity index (χ2v) is 8.36. The number of anilines is 1. The first-order chi connectivity index (χ1) is 13.3. The molecule has 0 unspecified atom stereocenters. The zero-order chi connectivity index (χ0) is 20.1. The predicted molar refractivity (Wildman–Crippen MR) is 98.4 cm³/mol. The van der Waals surface area contributed by atoms with E-state index < -0.39 is 33.3 Å². The lowest BCUT2D eigenvalue weighted by molar-refractivity contribution is -0.384. The molecular weight excluding hydrogens is 386 g/mol. The minimum absolute atomic E-state index is 0.0463. The van der Waals surface area contributed by atoms with E-state index in [9.17, 15) is 28.1 Å². The van der Waals surface area contributed by atoms with Gasteiger partial charge in [0.1, 0.15) is 11.4 Å².